The van der Waals surface area contributed by atoms with Crippen molar-refractivity contribution < 1.29 is 28.6 Å². The van der Waals surface area contributed by atoms with Crippen LogP contribution in [0.25, 0.3) is 0 Å². The molecule has 63 heavy (non-hydrogen) atoms. The molecule has 0 aliphatic heterocycles. The van der Waals surface area contributed by atoms with Crippen LogP contribution in [0.15, 0.2) is 85.1 Å². The van der Waals surface area contributed by atoms with Crippen LogP contribution in [0.4, 0.5) is 0 Å². The van der Waals surface area contributed by atoms with Gasteiger partial charge >= 0.3 is 17.9 Å². The fraction of sp³-hybridized carbons (Fsp3) is 0.702. The third kappa shape index (κ3) is 49.5. The summed E-state index contributed by atoms with van der Waals surface area (Å²) in [5.74, 6) is -0.954. The van der Waals surface area contributed by atoms with Crippen molar-refractivity contribution in [2.45, 2.75) is 245 Å². The third-order valence-corrected chi connectivity index (χ3v) is 11.0. The molecule has 0 heterocycles. The quantitative estimate of drug-likeness (QED) is 0.0199. The Labute approximate surface area is 388 Å². The van der Waals surface area contributed by atoms with E-state index in [9.17, 15) is 14.4 Å². The highest BCUT2D eigenvalue weighted by Crippen LogP contribution is 2.14. The van der Waals surface area contributed by atoms with E-state index in [0.29, 0.717) is 19.3 Å². The number of carbonyl (C=O) groups is 3. The van der Waals surface area contributed by atoms with E-state index in [1.54, 1.807) is 0 Å². The first-order chi connectivity index (χ1) is 31.0. The third-order valence-electron chi connectivity index (χ3n) is 11.0. The summed E-state index contributed by atoms with van der Waals surface area (Å²) in [5, 5.41) is 0. The molecule has 0 saturated carbocycles. The van der Waals surface area contributed by atoms with E-state index in [1.165, 1.54) is 116 Å². The van der Waals surface area contributed by atoms with Gasteiger partial charge in [0.05, 0.1) is 0 Å². The van der Waals surface area contributed by atoms with Crippen LogP contribution in [0, 0.1) is 0 Å². The molecule has 0 radical (unpaired) electrons. The first-order valence-electron chi connectivity index (χ1n) is 26.2. The van der Waals surface area contributed by atoms with E-state index in [0.717, 1.165) is 83.5 Å². The van der Waals surface area contributed by atoms with Crippen molar-refractivity contribution in [2.24, 2.45) is 0 Å². The van der Waals surface area contributed by atoms with E-state index in [2.05, 4.69) is 69.4 Å². The molecule has 0 aromatic carbocycles. The summed E-state index contributed by atoms with van der Waals surface area (Å²) in [6, 6.07) is 0. The van der Waals surface area contributed by atoms with Crippen molar-refractivity contribution >= 4 is 17.9 Å². The van der Waals surface area contributed by atoms with Gasteiger partial charge in [0.2, 0.25) is 0 Å². The smallest absolute Gasteiger partial charge is 0.306 e. The topological polar surface area (TPSA) is 78.9 Å². The summed E-state index contributed by atoms with van der Waals surface area (Å²) in [4.78, 5) is 38.0. The molecular formula is C57H96O6. The zero-order valence-corrected chi connectivity index (χ0v) is 41.1. The van der Waals surface area contributed by atoms with Crippen molar-refractivity contribution in [3.05, 3.63) is 85.1 Å². The molecule has 0 saturated heterocycles. The minimum atomic E-state index is -0.800. The summed E-state index contributed by atoms with van der Waals surface area (Å²) in [5.41, 5.74) is 0. The molecular weight excluding hydrogens is 781 g/mol. The van der Waals surface area contributed by atoms with Crippen LogP contribution >= 0.6 is 0 Å². The second-order valence-corrected chi connectivity index (χ2v) is 17.2. The fourth-order valence-electron chi connectivity index (χ4n) is 7.03. The van der Waals surface area contributed by atoms with Gasteiger partial charge in [-0.05, 0) is 89.9 Å². The highest BCUT2D eigenvalue weighted by molar-refractivity contribution is 5.71. The van der Waals surface area contributed by atoms with Gasteiger partial charge in [-0.2, -0.15) is 0 Å². The monoisotopic (exact) mass is 877 g/mol. The van der Waals surface area contributed by atoms with E-state index < -0.39 is 6.10 Å². The minimum absolute atomic E-state index is 0.0969. The summed E-state index contributed by atoms with van der Waals surface area (Å²) < 4.78 is 16.8. The largest absolute Gasteiger partial charge is 0.462 e. The zero-order valence-electron chi connectivity index (χ0n) is 41.1. The Morgan fingerprint density at radius 2 is 0.635 bits per heavy atom. The number of rotatable bonds is 46. The molecule has 0 amide bonds. The first-order valence-corrected chi connectivity index (χ1v) is 26.2. The van der Waals surface area contributed by atoms with Crippen molar-refractivity contribution in [1.82, 2.24) is 0 Å². The number of esters is 3. The Morgan fingerprint density at radius 1 is 0.333 bits per heavy atom. The molecule has 0 aromatic rings. The van der Waals surface area contributed by atoms with Crippen LogP contribution in [0.3, 0.4) is 0 Å². The molecule has 360 valence electrons. The van der Waals surface area contributed by atoms with Crippen molar-refractivity contribution in [3.63, 3.8) is 0 Å². The lowest BCUT2D eigenvalue weighted by atomic mass is 10.1. The average molecular weight is 877 g/mol. The summed E-state index contributed by atoms with van der Waals surface area (Å²) >= 11 is 0. The molecule has 0 fully saturated rings. The molecule has 1 unspecified atom stereocenters. The maximum atomic E-state index is 12.8. The van der Waals surface area contributed by atoms with Crippen molar-refractivity contribution in [1.29, 1.82) is 0 Å². The molecule has 0 rings (SSSR count). The van der Waals surface area contributed by atoms with Crippen LogP contribution in [-0.2, 0) is 28.6 Å². The number of allylic oxidation sites excluding steroid dienone is 14. The lowest BCUT2D eigenvalue weighted by Gasteiger charge is -2.18. The van der Waals surface area contributed by atoms with Gasteiger partial charge in [-0.25, -0.2) is 0 Å². The summed E-state index contributed by atoms with van der Waals surface area (Å²) in [6.45, 7) is 6.41. The van der Waals surface area contributed by atoms with Crippen LogP contribution in [-0.4, -0.2) is 37.2 Å². The van der Waals surface area contributed by atoms with Crippen molar-refractivity contribution in [3.8, 4) is 0 Å². The molecule has 0 aliphatic carbocycles. The Bertz CT molecular complexity index is 1240. The molecule has 0 aromatic heterocycles. The summed E-state index contributed by atoms with van der Waals surface area (Å²) in [6.07, 6.45) is 65.6. The van der Waals surface area contributed by atoms with Gasteiger partial charge in [0.15, 0.2) is 6.10 Å². The molecule has 1 atom stereocenters. The number of unbranched alkanes of at least 4 members (excludes halogenated alkanes) is 25. The SMILES string of the molecule is CC\C=C/C=C\C=C/C=C\CCCCCC(=O)OCC(COC(=O)CCCCCCCCC/C=C\CCCCCCCC)OC(=O)CCCCCCCC/C=C\C=C/CCCCC. The number of carbonyl (C=O) groups excluding carboxylic acids is 3. The van der Waals surface area contributed by atoms with Crippen LogP contribution < -0.4 is 0 Å². The van der Waals surface area contributed by atoms with Gasteiger partial charge in [-0.1, -0.05) is 215 Å². The fourth-order valence-corrected chi connectivity index (χ4v) is 7.03. The van der Waals surface area contributed by atoms with Gasteiger partial charge in [0, 0.05) is 19.3 Å². The second-order valence-electron chi connectivity index (χ2n) is 17.2. The average Bonchev–Trinajstić information content (AvgIpc) is 3.28. The predicted octanol–water partition coefficient (Wildman–Crippen LogP) is 17.2. The normalized spacial score (nSPS) is 12.7. The molecule has 6 heteroatoms. The minimum Gasteiger partial charge on any atom is -0.462 e. The van der Waals surface area contributed by atoms with Crippen LogP contribution in [0.5, 0.6) is 0 Å². The van der Waals surface area contributed by atoms with Gasteiger partial charge in [-0.3, -0.25) is 14.4 Å². The highest BCUT2D eigenvalue weighted by Gasteiger charge is 2.19. The predicted molar refractivity (Wildman–Crippen MR) is 270 cm³/mol. The number of hydrogen-bond acceptors (Lipinski definition) is 6. The van der Waals surface area contributed by atoms with Gasteiger partial charge in [0.25, 0.3) is 0 Å². The first kappa shape index (κ1) is 59.6. The van der Waals surface area contributed by atoms with E-state index in [4.69, 9.17) is 14.2 Å². The molecule has 0 bridgehead atoms. The lowest BCUT2D eigenvalue weighted by Crippen LogP contribution is -2.30. The number of ether oxygens (including phenoxy) is 3. The maximum Gasteiger partial charge on any atom is 0.306 e. The maximum absolute atomic E-state index is 12.8. The Hall–Kier alpha value is -3.41. The Morgan fingerprint density at radius 3 is 1.08 bits per heavy atom. The van der Waals surface area contributed by atoms with E-state index in [1.807, 2.05) is 36.5 Å². The lowest BCUT2D eigenvalue weighted by molar-refractivity contribution is -0.167. The van der Waals surface area contributed by atoms with Gasteiger partial charge < -0.3 is 14.2 Å². The highest BCUT2D eigenvalue weighted by atomic mass is 16.6. The molecule has 6 nitrogen and oxygen atoms in total. The zero-order chi connectivity index (χ0) is 45.8. The van der Waals surface area contributed by atoms with E-state index in [-0.39, 0.29) is 31.1 Å². The molecule has 0 aliphatic rings. The van der Waals surface area contributed by atoms with Gasteiger partial charge in [0.1, 0.15) is 13.2 Å². The number of hydrogen-bond donors (Lipinski definition) is 0. The molecule has 0 spiro atoms. The Kier molecular flexibility index (Phi) is 48.5. The second kappa shape index (κ2) is 51.2. The van der Waals surface area contributed by atoms with E-state index >= 15 is 0 Å². The molecule has 0 N–H and O–H groups in total. The van der Waals surface area contributed by atoms with Crippen LogP contribution in [0.1, 0.15) is 239 Å². The van der Waals surface area contributed by atoms with Gasteiger partial charge in [-0.15, -0.1) is 0 Å². The summed E-state index contributed by atoms with van der Waals surface area (Å²) in [7, 11) is 0. The van der Waals surface area contributed by atoms with Crippen LogP contribution in [0.2, 0.25) is 0 Å². The Balaban J connectivity index is 4.45. The van der Waals surface area contributed by atoms with Crippen molar-refractivity contribution in [2.75, 3.05) is 13.2 Å². The standard InChI is InChI=1S/C57H96O6/c1-4-7-10-13-16-19-22-25-27-28-30-32-35-38-41-44-47-50-56(59)62-53-54(52-61-55(58)49-46-43-40-37-34-31-24-21-18-15-12-9-6-3)63-57(60)51-48-45-42-39-36-33-29-26-23-20-17-14-11-8-5-2/h9,12,15,17-18,20-21,23-27,31,34,54H,4-8,10-11,13-14,16,19,22,28-30,32-33,35-53H2,1-3H3/b12-9-,18-15-,20-17-,24-21-,26-23-,27-25-,34-31-.